The van der Waals surface area contributed by atoms with Crippen LogP contribution in [-0.4, -0.2) is 13.0 Å². The topological polar surface area (TPSA) is 66.4 Å². The van der Waals surface area contributed by atoms with E-state index in [0.717, 1.165) is 24.8 Å². The smallest absolute Gasteiger partial charge is 0.744 e. The van der Waals surface area contributed by atoms with Crippen LogP contribution in [0.4, 0.5) is 0 Å². The molecule has 0 N–H and O–H groups in total. The molecular weight excluding hydrogens is 359 g/mol. The van der Waals surface area contributed by atoms with E-state index in [4.69, 9.17) is 4.74 Å². The van der Waals surface area contributed by atoms with Gasteiger partial charge in [-0.15, -0.1) is 0 Å². The molecule has 0 atom stereocenters. The van der Waals surface area contributed by atoms with Gasteiger partial charge >= 0.3 is 29.6 Å². The molecule has 4 nitrogen and oxygen atoms in total. The van der Waals surface area contributed by atoms with E-state index < -0.39 is 10.1 Å². The second kappa shape index (κ2) is 11.8. The number of rotatable bonds is 10. The van der Waals surface area contributed by atoms with Gasteiger partial charge in [-0.25, -0.2) is 8.42 Å². The summed E-state index contributed by atoms with van der Waals surface area (Å²) in [5.41, 5.74) is 0.852. The Morgan fingerprint density at radius 2 is 1.58 bits per heavy atom. The minimum atomic E-state index is -4.59. The van der Waals surface area contributed by atoms with Gasteiger partial charge in [0.15, 0.2) is 0 Å². The summed E-state index contributed by atoms with van der Waals surface area (Å²) >= 11 is 0. The Balaban J connectivity index is 0.00000338. The van der Waals surface area contributed by atoms with Crippen LogP contribution in [0.1, 0.15) is 51.0 Å². The zero-order valence-corrected chi connectivity index (χ0v) is 18.4. The van der Waals surface area contributed by atoms with Crippen molar-refractivity contribution in [2.45, 2.75) is 56.8 Å². The molecule has 136 valence electrons. The third-order valence-corrected chi connectivity index (χ3v) is 4.93. The number of benzene rings is 2. The first-order chi connectivity index (χ1) is 12.0. The number of hydrogen-bond donors (Lipinski definition) is 0. The molecule has 0 amide bonds. The molecule has 0 aliphatic rings. The zero-order chi connectivity index (χ0) is 18.1. The molecule has 26 heavy (non-hydrogen) atoms. The zero-order valence-electron chi connectivity index (χ0n) is 15.6. The number of hydrogen-bond acceptors (Lipinski definition) is 4. The van der Waals surface area contributed by atoms with Crippen LogP contribution in [-0.2, 0) is 16.5 Å². The molecule has 0 unspecified atom stereocenters. The normalized spacial score (nSPS) is 11.0. The van der Waals surface area contributed by atoms with Gasteiger partial charge in [-0.3, -0.25) is 0 Å². The van der Waals surface area contributed by atoms with Gasteiger partial charge in [0.25, 0.3) is 0 Å². The van der Waals surface area contributed by atoms with Gasteiger partial charge in [0.05, 0.1) is 4.90 Å². The Hall–Kier alpha value is -0.850. The first-order valence-corrected chi connectivity index (χ1v) is 10.2. The van der Waals surface area contributed by atoms with Crippen molar-refractivity contribution in [2.24, 2.45) is 0 Å². The first kappa shape index (κ1) is 23.2. The Bertz CT molecular complexity index is 761. The average molecular weight is 384 g/mol. The number of para-hydroxylation sites is 1. The van der Waals surface area contributed by atoms with E-state index in [1.807, 2.05) is 12.1 Å². The van der Waals surface area contributed by atoms with E-state index in [-0.39, 0.29) is 40.2 Å². The fraction of sp³-hybridized carbons (Fsp3) is 0.400. The molecule has 0 saturated heterocycles. The van der Waals surface area contributed by atoms with Crippen LogP contribution in [0.15, 0.2) is 53.4 Å². The molecule has 0 heterocycles. The summed E-state index contributed by atoms with van der Waals surface area (Å²) in [6, 6.07) is 13.7. The van der Waals surface area contributed by atoms with E-state index in [1.165, 1.54) is 31.7 Å². The average Bonchev–Trinajstić information content (AvgIpc) is 2.59. The van der Waals surface area contributed by atoms with Gasteiger partial charge in [-0.2, -0.15) is 0 Å². The minimum Gasteiger partial charge on any atom is -0.744 e. The van der Waals surface area contributed by atoms with Crippen LogP contribution in [0.25, 0.3) is 0 Å². The maximum atomic E-state index is 11.6. The van der Waals surface area contributed by atoms with Gasteiger partial charge in [0, 0.05) is 0 Å². The van der Waals surface area contributed by atoms with Crippen LogP contribution in [0, 0.1) is 0 Å². The second-order valence-electron chi connectivity index (χ2n) is 6.17. The maximum Gasteiger partial charge on any atom is 1.00 e. The molecule has 0 aliphatic carbocycles. The van der Waals surface area contributed by atoms with Crippen molar-refractivity contribution < 1.29 is 47.3 Å². The van der Waals surface area contributed by atoms with E-state index in [1.54, 1.807) is 30.3 Å². The SMILES string of the molecule is CCCCCCCCc1ccc(Oc2ccccc2)c(S(=O)(=O)[O-])c1.[Na+]. The van der Waals surface area contributed by atoms with Gasteiger partial charge in [0.2, 0.25) is 0 Å². The van der Waals surface area contributed by atoms with E-state index in [2.05, 4.69) is 6.92 Å². The standard InChI is InChI=1S/C20H26O4S.Na/c1-2-3-4-5-6-8-11-17-14-15-19(20(16-17)25(21,22)23)24-18-12-9-7-10-13-18;/h7,9-10,12-16H,2-6,8,11H2,1H3,(H,21,22,23);/q;+1/p-1. The molecule has 0 radical (unpaired) electrons. The molecule has 0 aliphatic heterocycles. The summed E-state index contributed by atoms with van der Waals surface area (Å²) in [7, 11) is -4.59. The third kappa shape index (κ3) is 7.80. The molecule has 0 spiro atoms. The van der Waals surface area contributed by atoms with Crippen molar-refractivity contribution in [3.8, 4) is 11.5 Å². The summed E-state index contributed by atoms with van der Waals surface area (Å²) in [5, 5.41) is 0. The van der Waals surface area contributed by atoms with Crippen LogP contribution in [0.5, 0.6) is 11.5 Å². The van der Waals surface area contributed by atoms with Crippen molar-refractivity contribution >= 4 is 10.1 Å². The number of unbranched alkanes of at least 4 members (excludes halogenated alkanes) is 5. The number of aryl methyl sites for hydroxylation is 1. The predicted molar refractivity (Wildman–Crippen MR) is 98.0 cm³/mol. The minimum absolute atomic E-state index is 0. The summed E-state index contributed by atoms with van der Waals surface area (Å²) in [5.74, 6) is 0.573. The maximum absolute atomic E-state index is 11.6. The Morgan fingerprint density at radius 1 is 0.923 bits per heavy atom. The first-order valence-electron chi connectivity index (χ1n) is 8.82. The molecule has 2 aromatic rings. The molecular formula is C20H25NaO4S. The fourth-order valence-corrected chi connectivity index (χ4v) is 3.36. The second-order valence-corrected chi connectivity index (χ2v) is 7.52. The molecule has 0 saturated carbocycles. The van der Waals surface area contributed by atoms with Crippen LogP contribution in [0.2, 0.25) is 0 Å². The molecule has 0 aromatic heterocycles. The van der Waals surface area contributed by atoms with Crippen LogP contribution >= 0.6 is 0 Å². The van der Waals surface area contributed by atoms with Crippen LogP contribution in [0.3, 0.4) is 0 Å². The van der Waals surface area contributed by atoms with E-state index >= 15 is 0 Å². The van der Waals surface area contributed by atoms with Crippen molar-refractivity contribution in [3.63, 3.8) is 0 Å². The van der Waals surface area contributed by atoms with Gasteiger partial charge in [0.1, 0.15) is 21.6 Å². The Morgan fingerprint density at radius 3 is 2.23 bits per heavy atom. The largest absolute Gasteiger partial charge is 1.00 e. The summed E-state index contributed by atoms with van der Waals surface area (Å²) in [6.45, 7) is 2.18. The van der Waals surface area contributed by atoms with Crippen molar-refractivity contribution in [2.75, 3.05) is 0 Å². The van der Waals surface area contributed by atoms with Crippen LogP contribution < -0.4 is 34.3 Å². The quantitative estimate of drug-likeness (QED) is 0.358. The monoisotopic (exact) mass is 384 g/mol. The third-order valence-electron chi connectivity index (χ3n) is 4.07. The summed E-state index contributed by atoms with van der Waals surface area (Å²) < 4.78 is 40.4. The molecule has 0 fully saturated rings. The number of ether oxygens (including phenoxy) is 1. The van der Waals surface area contributed by atoms with Gasteiger partial charge in [-0.05, 0) is 42.7 Å². The van der Waals surface area contributed by atoms with Gasteiger partial charge < -0.3 is 9.29 Å². The fourth-order valence-electron chi connectivity index (χ4n) is 2.71. The predicted octanol–water partition coefficient (Wildman–Crippen LogP) is 2.29. The van der Waals surface area contributed by atoms with E-state index in [9.17, 15) is 13.0 Å². The van der Waals surface area contributed by atoms with E-state index in [0.29, 0.717) is 5.75 Å². The molecule has 2 rings (SSSR count). The summed E-state index contributed by atoms with van der Waals surface area (Å²) in [4.78, 5) is -0.292. The Labute approximate surface area is 179 Å². The van der Waals surface area contributed by atoms with Gasteiger partial charge in [-0.1, -0.05) is 63.3 Å². The molecule has 6 heteroatoms. The summed E-state index contributed by atoms with van der Waals surface area (Å²) in [6.07, 6.45) is 7.76. The molecule has 2 aromatic carbocycles. The van der Waals surface area contributed by atoms with Crippen molar-refractivity contribution in [1.29, 1.82) is 0 Å². The molecule has 0 bridgehead atoms. The van der Waals surface area contributed by atoms with Crippen molar-refractivity contribution in [1.82, 2.24) is 0 Å². The Kier molecular flexibility index (Phi) is 10.5. The van der Waals surface area contributed by atoms with Crippen molar-refractivity contribution in [3.05, 3.63) is 54.1 Å².